The van der Waals surface area contributed by atoms with Crippen LogP contribution in [0, 0.1) is 5.82 Å². The van der Waals surface area contributed by atoms with E-state index in [9.17, 15) is 18.0 Å². The van der Waals surface area contributed by atoms with Crippen molar-refractivity contribution in [2.24, 2.45) is 0 Å². The summed E-state index contributed by atoms with van der Waals surface area (Å²) in [6, 6.07) is 12.9. The van der Waals surface area contributed by atoms with Gasteiger partial charge in [0.25, 0.3) is 12.3 Å². The van der Waals surface area contributed by atoms with E-state index in [1.54, 1.807) is 46.2 Å². The molecule has 27 heavy (non-hydrogen) atoms. The molecule has 0 N–H and O–H groups in total. The van der Waals surface area contributed by atoms with Gasteiger partial charge in [-0.2, -0.15) is 0 Å². The lowest BCUT2D eigenvalue weighted by Gasteiger charge is -2.34. The minimum Gasteiger partial charge on any atom is -0.489 e. The highest BCUT2D eigenvalue weighted by atomic mass is 19.3. The summed E-state index contributed by atoms with van der Waals surface area (Å²) in [4.78, 5) is 16.0. The van der Waals surface area contributed by atoms with Crippen LogP contribution in [0.2, 0.25) is 0 Å². The molecular formula is C20H21F3N2O2. The molecule has 3 rings (SSSR count). The zero-order valence-electron chi connectivity index (χ0n) is 14.8. The molecule has 0 spiro atoms. The fourth-order valence-corrected chi connectivity index (χ4v) is 2.98. The molecule has 4 nitrogen and oxygen atoms in total. The van der Waals surface area contributed by atoms with Crippen molar-refractivity contribution < 1.29 is 22.7 Å². The Balaban J connectivity index is 1.56. The first-order chi connectivity index (χ1) is 13.0. The van der Waals surface area contributed by atoms with Gasteiger partial charge in [-0.3, -0.25) is 9.69 Å². The Morgan fingerprint density at radius 3 is 2.41 bits per heavy atom. The number of benzene rings is 2. The van der Waals surface area contributed by atoms with Gasteiger partial charge in [0, 0.05) is 31.7 Å². The minimum atomic E-state index is -2.36. The second-order valence-electron chi connectivity index (χ2n) is 6.43. The van der Waals surface area contributed by atoms with Gasteiger partial charge >= 0.3 is 0 Å². The standard InChI is InChI=1S/C20H21F3N2O2/c21-17-6-4-15(5-7-17)14-27-18-3-1-2-16(12-18)20(26)25-10-8-24(9-11-25)13-19(22)23/h1-7,12,19H,8-11,13-14H2. The van der Waals surface area contributed by atoms with Gasteiger partial charge in [0.1, 0.15) is 18.2 Å². The number of rotatable bonds is 6. The average molecular weight is 378 g/mol. The molecule has 0 bridgehead atoms. The molecule has 1 aliphatic rings. The molecule has 1 fully saturated rings. The van der Waals surface area contributed by atoms with Crippen LogP contribution in [0.15, 0.2) is 48.5 Å². The van der Waals surface area contributed by atoms with Crippen LogP contribution < -0.4 is 4.74 Å². The summed E-state index contributed by atoms with van der Waals surface area (Å²) < 4.78 is 43.5. The number of ether oxygens (including phenoxy) is 1. The zero-order chi connectivity index (χ0) is 19.2. The topological polar surface area (TPSA) is 32.8 Å². The highest BCUT2D eigenvalue weighted by Crippen LogP contribution is 2.18. The normalized spacial score (nSPS) is 15.2. The Morgan fingerprint density at radius 1 is 1.04 bits per heavy atom. The lowest BCUT2D eigenvalue weighted by molar-refractivity contribution is 0.0458. The van der Waals surface area contributed by atoms with Crippen LogP contribution in [0.25, 0.3) is 0 Å². The first-order valence-corrected chi connectivity index (χ1v) is 8.78. The molecule has 0 aromatic heterocycles. The van der Waals surface area contributed by atoms with Crippen molar-refractivity contribution in [1.29, 1.82) is 0 Å². The van der Waals surface area contributed by atoms with E-state index < -0.39 is 6.43 Å². The summed E-state index contributed by atoms with van der Waals surface area (Å²) in [7, 11) is 0. The van der Waals surface area contributed by atoms with Crippen LogP contribution in [0.3, 0.4) is 0 Å². The van der Waals surface area contributed by atoms with E-state index in [0.29, 0.717) is 37.5 Å². The maximum Gasteiger partial charge on any atom is 0.254 e. The predicted octanol–water partition coefficient (Wildman–Crippen LogP) is 3.43. The molecule has 1 saturated heterocycles. The summed E-state index contributed by atoms with van der Waals surface area (Å²) in [5, 5.41) is 0. The monoisotopic (exact) mass is 378 g/mol. The maximum atomic E-state index is 12.9. The molecular weight excluding hydrogens is 357 g/mol. The first-order valence-electron chi connectivity index (χ1n) is 8.78. The van der Waals surface area contributed by atoms with E-state index >= 15 is 0 Å². The van der Waals surface area contributed by atoms with Crippen molar-refractivity contribution in [3.8, 4) is 5.75 Å². The Kier molecular flexibility index (Phi) is 6.34. The predicted molar refractivity (Wildman–Crippen MR) is 95.5 cm³/mol. The smallest absolute Gasteiger partial charge is 0.254 e. The third kappa shape index (κ3) is 5.47. The van der Waals surface area contributed by atoms with Crippen LogP contribution >= 0.6 is 0 Å². The van der Waals surface area contributed by atoms with Gasteiger partial charge < -0.3 is 9.64 Å². The molecule has 0 atom stereocenters. The largest absolute Gasteiger partial charge is 0.489 e. The van der Waals surface area contributed by atoms with Crippen LogP contribution in [0.1, 0.15) is 15.9 Å². The molecule has 0 aliphatic carbocycles. The Morgan fingerprint density at radius 2 is 1.74 bits per heavy atom. The quantitative estimate of drug-likeness (QED) is 0.772. The molecule has 1 heterocycles. The number of hydrogen-bond acceptors (Lipinski definition) is 3. The summed E-state index contributed by atoms with van der Waals surface area (Å²) in [5.41, 5.74) is 1.32. The maximum absolute atomic E-state index is 12.9. The number of piperazine rings is 1. The molecule has 7 heteroatoms. The fourth-order valence-electron chi connectivity index (χ4n) is 2.98. The van der Waals surface area contributed by atoms with Gasteiger partial charge in [0.05, 0.1) is 6.54 Å². The van der Waals surface area contributed by atoms with E-state index in [0.717, 1.165) is 5.56 Å². The van der Waals surface area contributed by atoms with Crippen molar-refractivity contribution in [2.75, 3.05) is 32.7 Å². The second-order valence-corrected chi connectivity index (χ2v) is 6.43. The molecule has 2 aromatic rings. The number of amides is 1. The zero-order valence-corrected chi connectivity index (χ0v) is 14.8. The highest BCUT2D eigenvalue weighted by molar-refractivity contribution is 5.94. The van der Waals surface area contributed by atoms with Gasteiger partial charge in [-0.05, 0) is 35.9 Å². The molecule has 0 radical (unpaired) electrons. The van der Waals surface area contributed by atoms with Crippen LogP contribution in [0.5, 0.6) is 5.75 Å². The number of alkyl halides is 2. The summed E-state index contributed by atoms with van der Waals surface area (Å²) >= 11 is 0. The lowest BCUT2D eigenvalue weighted by Crippen LogP contribution is -2.49. The number of carbonyl (C=O) groups excluding carboxylic acids is 1. The van der Waals surface area contributed by atoms with Crippen molar-refractivity contribution in [2.45, 2.75) is 13.0 Å². The van der Waals surface area contributed by atoms with E-state index in [-0.39, 0.29) is 24.9 Å². The summed E-state index contributed by atoms with van der Waals surface area (Å²) in [5.74, 6) is 0.0976. The number of carbonyl (C=O) groups is 1. The molecule has 2 aromatic carbocycles. The summed E-state index contributed by atoms with van der Waals surface area (Å²) in [6.07, 6.45) is -2.36. The Hall–Kier alpha value is -2.54. The van der Waals surface area contributed by atoms with Gasteiger partial charge in [-0.15, -0.1) is 0 Å². The molecule has 0 unspecified atom stereocenters. The highest BCUT2D eigenvalue weighted by Gasteiger charge is 2.23. The van der Waals surface area contributed by atoms with E-state index in [2.05, 4.69) is 0 Å². The van der Waals surface area contributed by atoms with Crippen LogP contribution in [0.4, 0.5) is 13.2 Å². The lowest BCUT2D eigenvalue weighted by atomic mass is 10.1. The average Bonchev–Trinajstić information content (AvgIpc) is 2.67. The van der Waals surface area contributed by atoms with Gasteiger partial charge in [-0.1, -0.05) is 18.2 Å². The molecule has 1 aliphatic heterocycles. The third-order valence-electron chi connectivity index (χ3n) is 4.46. The van der Waals surface area contributed by atoms with Gasteiger partial charge in [0.15, 0.2) is 0 Å². The third-order valence-corrected chi connectivity index (χ3v) is 4.46. The molecule has 144 valence electrons. The van der Waals surface area contributed by atoms with Gasteiger partial charge in [-0.25, -0.2) is 13.2 Å². The number of halogens is 3. The van der Waals surface area contributed by atoms with Gasteiger partial charge in [0.2, 0.25) is 0 Å². The Labute approximate surface area is 156 Å². The minimum absolute atomic E-state index is 0.140. The van der Waals surface area contributed by atoms with E-state index in [1.807, 2.05) is 0 Å². The SMILES string of the molecule is O=C(c1cccc(OCc2ccc(F)cc2)c1)N1CCN(CC(F)F)CC1. The van der Waals surface area contributed by atoms with Crippen LogP contribution in [-0.4, -0.2) is 54.9 Å². The van der Waals surface area contributed by atoms with Crippen molar-refractivity contribution >= 4 is 5.91 Å². The molecule has 1 amide bonds. The molecule has 0 saturated carbocycles. The number of hydrogen-bond donors (Lipinski definition) is 0. The summed E-state index contributed by atoms with van der Waals surface area (Å²) in [6.45, 7) is 1.74. The van der Waals surface area contributed by atoms with Crippen LogP contribution in [-0.2, 0) is 6.61 Å². The first kappa shape index (κ1) is 19.2. The van der Waals surface area contributed by atoms with Crippen molar-refractivity contribution in [1.82, 2.24) is 9.80 Å². The van der Waals surface area contributed by atoms with E-state index in [1.165, 1.54) is 12.1 Å². The second kappa shape index (κ2) is 8.90. The number of nitrogens with zero attached hydrogens (tertiary/aromatic N) is 2. The van der Waals surface area contributed by atoms with E-state index in [4.69, 9.17) is 4.74 Å². The Bertz CT molecular complexity index is 760. The fraction of sp³-hybridized carbons (Fsp3) is 0.350. The van der Waals surface area contributed by atoms with Crippen molar-refractivity contribution in [3.63, 3.8) is 0 Å². The van der Waals surface area contributed by atoms with Crippen molar-refractivity contribution in [3.05, 3.63) is 65.5 Å².